The predicted molar refractivity (Wildman–Crippen MR) is 74.9 cm³/mol. The van der Waals surface area contributed by atoms with Gasteiger partial charge in [-0.2, -0.15) is 0 Å². The van der Waals surface area contributed by atoms with E-state index in [0.717, 1.165) is 29.3 Å². The third-order valence-electron chi connectivity index (χ3n) is 3.45. The van der Waals surface area contributed by atoms with E-state index in [-0.39, 0.29) is 5.57 Å². The fourth-order valence-corrected chi connectivity index (χ4v) is 2.26. The second kappa shape index (κ2) is 5.99. The van der Waals surface area contributed by atoms with Crippen LogP contribution in [-0.2, 0) is 14.3 Å². The number of nitrogens with zero attached hydrogens (tertiary/aromatic N) is 3. The molecule has 0 N–H and O–H groups in total. The second-order valence-electron chi connectivity index (χ2n) is 4.93. The van der Waals surface area contributed by atoms with Gasteiger partial charge in [-0.1, -0.05) is 6.92 Å². The summed E-state index contributed by atoms with van der Waals surface area (Å²) in [5.74, 6) is -0.549. The van der Waals surface area contributed by atoms with Gasteiger partial charge in [0.15, 0.2) is 5.88 Å². The Balaban J connectivity index is 2.25. The Morgan fingerprint density at radius 3 is 2.29 bits per heavy atom. The molecule has 2 saturated heterocycles. The minimum atomic E-state index is -0.625. The zero-order chi connectivity index (χ0) is 15.6. The van der Waals surface area contributed by atoms with Crippen LogP contribution in [0.15, 0.2) is 23.6 Å². The van der Waals surface area contributed by atoms with Gasteiger partial charge in [0, 0.05) is 20.6 Å². The number of hydrogen-bond donors (Lipinski definition) is 0. The Morgan fingerprint density at radius 2 is 1.71 bits per heavy atom. The number of urea groups is 1. The number of ether oxygens (including phenoxy) is 1. The predicted octanol–water partition coefficient (Wildman–Crippen LogP) is 0.547. The van der Waals surface area contributed by atoms with E-state index < -0.39 is 17.8 Å². The van der Waals surface area contributed by atoms with Crippen molar-refractivity contribution in [2.75, 3.05) is 33.8 Å². The molecule has 0 atom stereocenters. The number of carbonyl (C=O) groups excluding carboxylic acids is 3. The van der Waals surface area contributed by atoms with E-state index in [1.165, 1.54) is 20.2 Å². The fourth-order valence-electron chi connectivity index (χ4n) is 2.26. The van der Waals surface area contributed by atoms with E-state index in [1.54, 1.807) is 6.08 Å². The van der Waals surface area contributed by atoms with Gasteiger partial charge in [0.1, 0.15) is 12.2 Å². The molecule has 0 radical (unpaired) electrons. The summed E-state index contributed by atoms with van der Waals surface area (Å²) in [6.07, 6.45) is 4.02. The number of barbiturate groups is 1. The highest BCUT2D eigenvalue weighted by atomic mass is 16.5. The summed E-state index contributed by atoms with van der Waals surface area (Å²) in [5.41, 5.74) is -0.0425. The first kappa shape index (κ1) is 15.1. The molecule has 0 spiro atoms. The number of imide groups is 2. The van der Waals surface area contributed by atoms with E-state index in [4.69, 9.17) is 4.74 Å². The maximum absolute atomic E-state index is 12.0. The molecule has 2 aliphatic rings. The molecular weight excluding hydrogens is 274 g/mol. The standard InChI is InChI=1S/C14H19N3O4/c1-4-7-17-8-9-21-11(17)6-5-10-12(18)15(2)14(20)16(3)13(10)19/h5-6H,4,7-9H2,1-3H3/b11-6+. The van der Waals surface area contributed by atoms with Crippen LogP contribution in [0, 0.1) is 0 Å². The van der Waals surface area contributed by atoms with Crippen molar-refractivity contribution in [2.24, 2.45) is 0 Å². The van der Waals surface area contributed by atoms with E-state index in [2.05, 4.69) is 6.92 Å². The van der Waals surface area contributed by atoms with Crippen molar-refractivity contribution in [1.29, 1.82) is 0 Å². The van der Waals surface area contributed by atoms with E-state index >= 15 is 0 Å². The lowest BCUT2D eigenvalue weighted by atomic mass is 10.1. The number of carbonyl (C=O) groups is 3. The van der Waals surface area contributed by atoms with Crippen LogP contribution in [0.3, 0.4) is 0 Å². The van der Waals surface area contributed by atoms with Crippen LogP contribution < -0.4 is 0 Å². The topological polar surface area (TPSA) is 70.2 Å². The van der Waals surface area contributed by atoms with Crippen LogP contribution in [0.5, 0.6) is 0 Å². The summed E-state index contributed by atoms with van der Waals surface area (Å²) >= 11 is 0. The fraction of sp³-hybridized carbons (Fsp3) is 0.500. The number of hydrogen-bond acceptors (Lipinski definition) is 5. The molecule has 4 amide bonds. The van der Waals surface area contributed by atoms with Crippen LogP contribution in [0.25, 0.3) is 0 Å². The molecule has 114 valence electrons. The zero-order valence-electron chi connectivity index (χ0n) is 12.5. The summed E-state index contributed by atoms with van der Waals surface area (Å²) in [5, 5.41) is 0. The highest BCUT2D eigenvalue weighted by molar-refractivity contribution is 6.28. The van der Waals surface area contributed by atoms with Gasteiger partial charge in [-0.05, 0) is 18.6 Å². The van der Waals surface area contributed by atoms with Crippen molar-refractivity contribution in [3.05, 3.63) is 23.6 Å². The van der Waals surface area contributed by atoms with Crippen molar-refractivity contribution >= 4 is 17.8 Å². The number of likely N-dealkylation sites (N-methyl/N-ethyl adjacent to an activating group) is 2. The quantitative estimate of drug-likeness (QED) is 0.561. The average molecular weight is 293 g/mol. The maximum Gasteiger partial charge on any atom is 0.333 e. The Bertz CT molecular complexity index is 512. The summed E-state index contributed by atoms with van der Waals surface area (Å²) in [4.78, 5) is 39.5. The van der Waals surface area contributed by atoms with Crippen molar-refractivity contribution in [3.8, 4) is 0 Å². The molecule has 2 fully saturated rings. The second-order valence-corrected chi connectivity index (χ2v) is 4.93. The average Bonchev–Trinajstić information content (AvgIpc) is 2.91. The monoisotopic (exact) mass is 293 g/mol. The van der Waals surface area contributed by atoms with Gasteiger partial charge < -0.3 is 9.64 Å². The molecule has 0 unspecified atom stereocenters. The number of amides is 4. The van der Waals surface area contributed by atoms with Crippen molar-refractivity contribution < 1.29 is 19.1 Å². The van der Waals surface area contributed by atoms with Gasteiger partial charge in [0.25, 0.3) is 11.8 Å². The molecule has 21 heavy (non-hydrogen) atoms. The summed E-state index contributed by atoms with van der Waals surface area (Å²) in [7, 11) is 2.70. The minimum absolute atomic E-state index is 0.0425. The Morgan fingerprint density at radius 1 is 1.10 bits per heavy atom. The minimum Gasteiger partial charge on any atom is -0.477 e. The summed E-state index contributed by atoms with van der Waals surface area (Å²) < 4.78 is 5.48. The van der Waals surface area contributed by atoms with Gasteiger partial charge >= 0.3 is 6.03 Å². The van der Waals surface area contributed by atoms with Gasteiger partial charge in [0.05, 0.1) is 6.54 Å². The van der Waals surface area contributed by atoms with E-state index in [1.807, 2.05) is 4.90 Å². The van der Waals surface area contributed by atoms with Crippen LogP contribution in [0.1, 0.15) is 13.3 Å². The summed E-state index contributed by atoms with van der Waals surface area (Å²) in [6.45, 7) is 4.31. The SMILES string of the molecule is CCCN1CCO/C1=C/C=C1C(=O)N(C)C(=O)N(C)C1=O. The van der Waals surface area contributed by atoms with Crippen LogP contribution in [0.2, 0.25) is 0 Å². The largest absolute Gasteiger partial charge is 0.477 e. The molecule has 0 aliphatic carbocycles. The van der Waals surface area contributed by atoms with Crippen LogP contribution in [-0.4, -0.2) is 66.3 Å². The highest BCUT2D eigenvalue weighted by Crippen LogP contribution is 2.18. The lowest BCUT2D eigenvalue weighted by molar-refractivity contribution is -0.134. The molecule has 0 aromatic heterocycles. The molecule has 0 bridgehead atoms. The molecule has 7 heteroatoms. The Labute approximate surface area is 123 Å². The summed E-state index contributed by atoms with van der Waals surface area (Å²) in [6, 6.07) is -0.625. The molecule has 2 aliphatic heterocycles. The molecule has 0 saturated carbocycles. The number of rotatable bonds is 3. The van der Waals surface area contributed by atoms with Gasteiger partial charge in [0.2, 0.25) is 0 Å². The van der Waals surface area contributed by atoms with Crippen molar-refractivity contribution in [1.82, 2.24) is 14.7 Å². The molecule has 2 rings (SSSR count). The van der Waals surface area contributed by atoms with Gasteiger partial charge in [-0.3, -0.25) is 19.4 Å². The Hall–Kier alpha value is -2.31. The molecular formula is C14H19N3O4. The number of allylic oxidation sites excluding steroid dienone is 2. The first-order valence-corrected chi connectivity index (χ1v) is 6.87. The molecule has 0 aromatic rings. The first-order chi connectivity index (χ1) is 9.97. The van der Waals surface area contributed by atoms with E-state index in [0.29, 0.717) is 12.5 Å². The van der Waals surface area contributed by atoms with Crippen LogP contribution >= 0.6 is 0 Å². The first-order valence-electron chi connectivity index (χ1n) is 6.87. The highest BCUT2D eigenvalue weighted by Gasteiger charge is 2.37. The van der Waals surface area contributed by atoms with E-state index in [9.17, 15) is 14.4 Å². The zero-order valence-corrected chi connectivity index (χ0v) is 12.5. The normalized spacial score (nSPS) is 21.5. The van der Waals surface area contributed by atoms with Crippen LogP contribution in [0.4, 0.5) is 4.79 Å². The molecule has 0 aromatic carbocycles. The molecule has 2 heterocycles. The third kappa shape index (κ3) is 2.76. The lowest BCUT2D eigenvalue weighted by Crippen LogP contribution is -2.53. The van der Waals surface area contributed by atoms with Crippen molar-refractivity contribution in [3.63, 3.8) is 0 Å². The van der Waals surface area contributed by atoms with Gasteiger partial charge in [-0.15, -0.1) is 0 Å². The van der Waals surface area contributed by atoms with Crippen molar-refractivity contribution in [2.45, 2.75) is 13.3 Å². The third-order valence-corrected chi connectivity index (χ3v) is 3.45. The molecule has 7 nitrogen and oxygen atoms in total. The van der Waals surface area contributed by atoms with Gasteiger partial charge in [-0.25, -0.2) is 4.79 Å². The maximum atomic E-state index is 12.0. The Kier molecular flexibility index (Phi) is 4.30. The lowest BCUT2D eigenvalue weighted by Gasteiger charge is -2.28. The smallest absolute Gasteiger partial charge is 0.333 e.